The lowest BCUT2D eigenvalue weighted by Crippen LogP contribution is -2.68. The van der Waals surface area contributed by atoms with Crippen molar-refractivity contribution in [3.63, 3.8) is 0 Å². The number of halogens is 1. The van der Waals surface area contributed by atoms with Gasteiger partial charge in [-0.05, 0) is 55.0 Å². The highest BCUT2D eigenvalue weighted by molar-refractivity contribution is 7.32. The van der Waals surface area contributed by atoms with Crippen LogP contribution in [0.25, 0.3) is 6.08 Å². The predicted molar refractivity (Wildman–Crippen MR) is 153 cm³/mol. The molecule has 0 aliphatic heterocycles. The number of fused-ring (bicyclic) bond motifs is 2. The topological polar surface area (TPSA) is 93.6 Å². The maximum Gasteiger partial charge on any atom is 0.695 e. The molecule has 6 rings (SSSR count). The molecule has 9 heteroatoms. The molecule has 0 saturated heterocycles. The van der Waals surface area contributed by atoms with Crippen molar-refractivity contribution >= 4 is 31.7 Å². The van der Waals surface area contributed by atoms with E-state index < -0.39 is 19.3 Å². The summed E-state index contributed by atoms with van der Waals surface area (Å²) in [7, 11) is -2.93. The fraction of sp³-hybridized carbons (Fsp3) is 0.333. The Kier molecular flexibility index (Phi) is 8.43. The van der Waals surface area contributed by atoms with Gasteiger partial charge in [-0.3, -0.25) is 0 Å². The van der Waals surface area contributed by atoms with Crippen molar-refractivity contribution in [3.8, 4) is 0 Å². The van der Waals surface area contributed by atoms with Gasteiger partial charge in [-0.2, -0.15) is 0 Å². The maximum atomic E-state index is 12.6. The Morgan fingerprint density at radius 1 is 1.13 bits per heavy atom. The standard InChI is InChI=1S/C30H31ClN3O4P/c1-2-37-18-15-25-21-32-28(31)34-27(25)33-26-24-13-16-29(17-14-24,19-22-9-5-3-6-10-22)30(26,38-39(35)36)20-23-11-7-4-8-12-23/h3-13,15-16,18,21,24,26H,2,14,17,19-20H2,1H3,(H-,32,33,34,35,36)/p+1. The summed E-state index contributed by atoms with van der Waals surface area (Å²) >= 11 is 6.25. The molecule has 2 N–H and O–H groups in total. The molecule has 202 valence electrons. The lowest BCUT2D eigenvalue weighted by atomic mass is 9.50. The monoisotopic (exact) mass is 564 g/mol. The van der Waals surface area contributed by atoms with Crippen molar-refractivity contribution in [2.75, 3.05) is 11.9 Å². The summed E-state index contributed by atoms with van der Waals surface area (Å²) in [5.41, 5.74) is 1.23. The van der Waals surface area contributed by atoms with Gasteiger partial charge in [0.2, 0.25) is 5.28 Å². The third kappa shape index (κ3) is 5.78. The predicted octanol–water partition coefficient (Wildman–Crippen LogP) is 6.77. The summed E-state index contributed by atoms with van der Waals surface area (Å²) < 4.78 is 24.3. The minimum atomic E-state index is -2.93. The summed E-state index contributed by atoms with van der Waals surface area (Å²) in [5, 5.41) is 3.72. The minimum Gasteiger partial charge on any atom is -0.501 e. The number of nitrogens with one attached hydrogen (secondary N) is 1. The Morgan fingerprint density at radius 2 is 1.82 bits per heavy atom. The second kappa shape index (κ2) is 12.0. The van der Waals surface area contributed by atoms with E-state index in [9.17, 15) is 9.46 Å². The quantitative estimate of drug-likeness (QED) is 0.115. The Bertz CT molecular complexity index is 1360. The fourth-order valence-corrected chi connectivity index (χ4v) is 6.93. The van der Waals surface area contributed by atoms with Crippen LogP contribution in [0.5, 0.6) is 0 Å². The van der Waals surface area contributed by atoms with E-state index in [0.717, 1.165) is 24.0 Å². The van der Waals surface area contributed by atoms with E-state index in [1.807, 2.05) is 55.5 Å². The number of nitrogens with zero attached hydrogens (tertiary/aromatic N) is 2. The van der Waals surface area contributed by atoms with Gasteiger partial charge in [0.05, 0.1) is 18.9 Å². The molecule has 39 heavy (non-hydrogen) atoms. The molecule has 2 bridgehead atoms. The Balaban J connectivity index is 1.65. The van der Waals surface area contributed by atoms with Gasteiger partial charge in [-0.15, -0.1) is 9.42 Å². The number of rotatable bonds is 11. The average Bonchev–Trinajstić information content (AvgIpc) is 2.93. The number of hydrogen-bond donors (Lipinski definition) is 2. The van der Waals surface area contributed by atoms with Crippen molar-refractivity contribution in [3.05, 3.63) is 107 Å². The number of anilines is 1. The highest BCUT2D eigenvalue weighted by Crippen LogP contribution is 2.59. The van der Waals surface area contributed by atoms with Gasteiger partial charge in [0, 0.05) is 34.1 Å². The first-order valence-corrected chi connectivity index (χ1v) is 14.7. The second-order valence-electron chi connectivity index (χ2n) is 10.1. The number of benzene rings is 2. The van der Waals surface area contributed by atoms with E-state index in [2.05, 4.69) is 39.6 Å². The van der Waals surface area contributed by atoms with Crippen LogP contribution in [0.2, 0.25) is 5.28 Å². The summed E-state index contributed by atoms with van der Waals surface area (Å²) in [6, 6.07) is 19.8. The lowest BCUT2D eigenvalue weighted by Gasteiger charge is -2.58. The van der Waals surface area contributed by atoms with Crippen LogP contribution in [0.15, 0.2) is 85.3 Å². The maximum absolute atomic E-state index is 12.6. The zero-order valence-corrected chi connectivity index (χ0v) is 23.4. The number of ether oxygens (including phenoxy) is 1. The zero-order valence-electron chi connectivity index (χ0n) is 21.7. The molecule has 1 heterocycles. The molecule has 1 saturated carbocycles. The van der Waals surface area contributed by atoms with Crippen molar-refractivity contribution in [1.29, 1.82) is 0 Å². The van der Waals surface area contributed by atoms with Crippen molar-refractivity contribution in [2.45, 2.75) is 44.2 Å². The van der Waals surface area contributed by atoms with E-state index in [1.54, 1.807) is 18.5 Å². The third-order valence-corrected chi connectivity index (χ3v) is 8.53. The lowest BCUT2D eigenvalue weighted by molar-refractivity contribution is -0.0977. The van der Waals surface area contributed by atoms with E-state index >= 15 is 0 Å². The highest BCUT2D eigenvalue weighted by atomic mass is 35.5. The smallest absolute Gasteiger partial charge is 0.501 e. The van der Waals surface area contributed by atoms with Crippen LogP contribution >= 0.6 is 19.9 Å². The fourth-order valence-electron chi connectivity index (χ4n) is 6.15. The molecule has 3 aliphatic carbocycles. The minimum absolute atomic E-state index is 0.0405. The van der Waals surface area contributed by atoms with Crippen molar-refractivity contribution < 1.29 is 18.7 Å². The molecule has 1 aromatic heterocycles. The molecule has 0 radical (unpaired) electrons. The van der Waals surface area contributed by atoms with Crippen LogP contribution in [-0.4, -0.2) is 33.1 Å². The Labute approximate surface area is 234 Å². The molecular weight excluding hydrogens is 533 g/mol. The first-order chi connectivity index (χ1) is 18.9. The molecule has 7 nitrogen and oxygen atoms in total. The molecule has 5 atom stereocenters. The summed E-state index contributed by atoms with van der Waals surface area (Å²) in [6.45, 7) is 2.44. The normalized spacial score (nSPS) is 26.1. The molecule has 3 aromatic rings. The van der Waals surface area contributed by atoms with Crippen molar-refractivity contribution in [2.24, 2.45) is 11.3 Å². The van der Waals surface area contributed by atoms with Crippen LogP contribution in [0.4, 0.5) is 5.82 Å². The van der Waals surface area contributed by atoms with Gasteiger partial charge in [0.25, 0.3) is 0 Å². The first kappa shape index (κ1) is 27.5. The van der Waals surface area contributed by atoms with Crippen LogP contribution in [0.3, 0.4) is 0 Å². The molecule has 1 fully saturated rings. The number of hydrogen-bond acceptors (Lipinski definition) is 6. The highest BCUT2D eigenvalue weighted by Gasteiger charge is 2.66. The average molecular weight is 565 g/mol. The van der Waals surface area contributed by atoms with E-state index in [4.69, 9.17) is 20.9 Å². The van der Waals surface area contributed by atoms with Crippen LogP contribution in [-0.2, 0) is 26.7 Å². The van der Waals surface area contributed by atoms with Gasteiger partial charge in [-0.25, -0.2) is 9.97 Å². The Hall–Kier alpha value is -3.09. The molecule has 5 unspecified atom stereocenters. The van der Waals surface area contributed by atoms with Gasteiger partial charge in [0.1, 0.15) is 5.82 Å². The van der Waals surface area contributed by atoms with Crippen LogP contribution in [0, 0.1) is 11.3 Å². The summed E-state index contributed by atoms with van der Waals surface area (Å²) in [6.07, 6.45) is 12.3. The van der Waals surface area contributed by atoms with Gasteiger partial charge in [-0.1, -0.05) is 72.8 Å². The molecule has 2 aromatic carbocycles. The van der Waals surface area contributed by atoms with Crippen LogP contribution in [0.1, 0.15) is 36.5 Å². The summed E-state index contributed by atoms with van der Waals surface area (Å²) in [4.78, 5) is 19.0. The zero-order chi connectivity index (χ0) is 27.3. The van der Waals surface area contributed by atoms with Crippen molar-refractivity contribution in [1.82, 2.24) is 9.97 Å². The molecule has 3 aliphatic rings. The summed E-state index contributed by atoms with van der Waals surface area (Å²) in [5.74, 6) is 0.555. The largest absolute Gasteiger partial charge is 0.695 e. The third-order valence-electron chi connectivity index (χ3n) is 7.86. The van der Waals surface area contributed by atoms with Gasteiger partial charge >= 0.3 is 8.25 Å². The van der Waals surface area contributed by atoms with Gasteiger partial charge < -0.3 is 10.1 Å². The SMILES string of the molecule is CCOC=Cc1cnc(Cl)nc1NC1C2C=CC(Cc3ccccc3)(CC2)C1(Cc1ccccc1)O[P+](=O)O. The van der Waals surface area contributed by atoms with E-state index in [0.29, 0.717) is 30.8 Å². The molecular formula is C30H32ClN3O4P+. The first-order valence-electron chi connectivity index (χ1n) is 13.1. The second-order valence-corrected chi connectivity index (χ2v) is 11.1. The van der Waals surface area contributed by atoms with E-state index in [-0.39, 0.29) is 17.2 Å². The van der Waals surface area contributed by atoms with Gasteiger partial charge in [0.15, 0.2) is 5.60 Å². The molecule has 0 spiro atoms. The Morgan fingerprint density at radius 3 is 2.44 bits per heavy atom. The molecule has 0 amide bonds. The number of aromatic nitrogens is 2. The van der Waals surface area contributed by atoms with E-state index in [1.165, 1.54) is 0 Å². The van der Waals surface area contributed by atoms with Crippen LogP contribution < -0.4 is 5.32 Å².